The first-order chi connectivity index (χ1) is 9.62. The molecule has 0 aliphatic carbocycles. The van der Waals surface area contributed by atoms with Gasteiger partial charge in [-0.1, -0.05) is 0 Å². The summed E-state index contributed by atoms with van der Waals surface area (Å²) in [4.78, 5) is 28.9. The maximum atomic E-state index is 12.0. The van der Waals surface area contributed by atoms with Crippen LogP contribution in [0.4, 0.5) is 5.82 Å². The molecule has 0 bridgehead atoms. The third-order valence-corrected chi connectivity index (χ3v) is 3.14. The molecule has 1 amide bonds. The minimum absolute atomic E-state index is 0.0520. The zero-order valence-electron chi connectivity index (χ0n) is 11.1. The number of carbonyl (C=O) groups is 2. The summed E-state index contributed by atoms with van der Waals surface area (Å²) in [6.45, 7) is 0.153. The van der Waals surface area contributed by atoms with Crippen molar-refractivity contribution >= 4 is 17.7 Å². The molecule has 1 aromatic rings. The fourth-order valence-corrected chi connectivity index (χ4v) is 2.15. The Balaban J connectivity index is 2.36. The van der Waals surface area contributed by atoms with Crippen molar-refractivity contribution in [3.05, 3.63) is 17.8 Å². The second-order valence-corrected chi connectivity index (χ2v) is 4.25. The van der Waals surface area contributed by atoms with Crippen LogP contribution in [0.5, 0.6) is 5.75 Å². The molecule has 7 nitrogen and oxygen atoms in total. The first kappa shape index (κ1) is 13.8. The summed E-state index contributed by atoms with van der Waals surface area (Å²) in [5.74, 6) is -0.693. The SMILES string of the molecule is COC(=O)C1CC(=O)N(c2nccc(OC)c2C#N)C1. The topological polar surface area (TPSA) is 92.5 Å². The van der Waals surface area contributed by atoms with Crippen LogP contribution in [0.2, 0.25) is 0 Å². The molecule has 1 unspecified atom stereocenters. The zero-order chi connectivity index (χ0) is 14.7. The molecule has 1 saturated heterocycles. The predicted molar refractivity (Wildman–Crippen MR) is 68.0 cm³/mol. The van der Waals surface area contributed by atoms with Gasteiger partial charge in [0.15, 0.2) is 5.82 Å². The fourth-order valence-electron chi connectivity index (χ4n) is 2.15. The number of amides is 1. The van der Waals surface area contributed by atoms with Gasteiger partial charge in [-0.3, -0.25) is 14.5 Å². The minimum Gasteiger partial charge on any atom is -0.495 e. The van der Waals surface area contributed by atoms with Gasteiger partial charge in [-0.2, -0.15) is 5.26 Å². The summed E-state index contributed by atoms with van der Waals surface area (Å²) in [5.41, 5.74) is 0.175. The minimum atomic E-state index is -0.535. The van der Waals surface area contributed by atoms with Crippen molar-refractivity contribution in [1.29, 1.82) is 5.26 Å². The number of nitriles is 1. The number of aromatic nitrogens is 1. The van der Waals surface area contributed by atoms with Gasteiger partial charge in [-0.15, -0.1) is 0 Å². The summed E-state index contributed by atoms with van der Waals surface area (Å²) in [5, 5.41) is 9.20. The first-order valence-electron chi connectivity index (χ1n) is 5.93. The van der Waals surface area contributed by atoms with Crippen molar-refractivity contribution in [3.63, 3.8) is 0 Å². The molecule has 20 heavy (non-hydrogen) atoms. The van der Waals surface area contributed by atoms with Gasteiger partial charge < -0.3 is 9.47 Å². The number of hydrogen-bond donors (Lipinski definition) is 0. The van der Waals surface area contributed by atoms with Crippen LogP contribution < -0.4 is 9.64 Å². The van der Waals surface area contributed by atoms with Gasteiger partial charge in [0.05, 0.1) is 20.1 Å². The Hall–Kier alpha value is -2.62. The average Bonchev–Trinajstić information content (AvgIpc) is 2.87. The molecule has 1 aliphatic heterocycles. The van der Waals surface area contributed by atoms with E-state index in [2.05, 4.69) is 9.72 Å². The van der Waals surface area contributed by atoms with Gasteiger partial charge in [0, 0.05) is 19.2 Å². The summed E-state index contributed by atoms with van der Waals surface area (Å²) in [6.07, 6.45) is 1.50. The van der Waals surface area contributed by atoms with Crippen LogP contribution in [0, 0.1) is 17.2 Å². The molecule has 1 aromatic heterocycles. The molecule has 0 radical (unpaired) electrons. The second kappa shape index (κ2) is 5.57. The molecule has 1 fully saturated rings. The molecule has 7 heteroatoms. The van der Waals surface area contributed by atoms with Crippen molar-refractivity contribution in [2.45, 2.75) is 6.42 Å². The summed E-state index contributed by atoms with van der Waals surface area (Å²) < 4.78 is 9.72. The molecule has 0 aromatic carbocycles. The Morgan fingerprint density at radius 1 is 1.55 bits per heavy atom. The number of carbonyl (C=O) groups excluding carboxylic acids is 2. The highest BCUT2D eigenvalue weighted by Crippen LogP contribution is 2.31. The van der Waals surface area contributed by atoms with E-state index in [9.17, 15) is 14.9 Å². The average molecular weight is 275 g/mol. The van der Waals surface area contributed by atoms with Crippen LogP contribution in [0.25, 0.3) is 0 Å². The lowest BCUT2D eigenvalue weighted by Gasteiger charge is -2.17. The van der Waals surface area contributed by atoms with E-state index in [1.807, 2.05) is 6.07 Å². The van der Waals surface area contributed by atoms with Crippen LogP contribution in [0.15, 0.2) is 12.3 Å². The van der Waals surface area contributed by atoms with E-state index < -0.39 is 11.9 Å². The maximum absolute atomic E-state index is 12.0. The number of esters is 1. The largest absolute Gasteiger partial charge is 0.495 e. The molecule has 1 aliphatic rings. The quantitative estimate of drug-likeness (QED) is 0.745. The van der Waals surface area contributed by atoms with Crippen molar-refractivity contribution < 1.29 is 19.1 Å². The number of ether oxygens (including phenoxy) is 2. The summed E-state index contributed by atoms with van der Waals surface area (Å²) in [7, 11) is 2.71. The van der Waals surface area contributed by atoms with Crippen LogP contribution in [-0.4, -0.2) is 37.6 Å². The highest BCUT2D eigenvalue weighted by Gasteiger charge is 2.37. The van der Waals surface area contributed by atoms with Crippen molar-refractivity contribution in [2.24, 2.45) is 5.92 Å². The van der Waals surface area contributed by atoms with E-state index in [0.29, 0.717) is 5.75 Å². The Kier molecular flexibility index (Phi) is 3.84. The van der Waals surface area contributed by atoms with Crippen molar-refractivity contribution in [2.75, 3.05) is 25.7 Å². The molecule has 0 N–H and O–H groups in total. The lowest BCUT2D eigenvalue weighted by atomic mass is 10.1. The number of methoxy groups -OCH3 is 2. The fraction of sp³-hybridized carbons (Fsp3) is 0.385. The first-order valence-corrected chi connectivity index (χ1v) is 5.93. The molecule has 2 heterocycles. The third kappa shape index (κ3) is 2.28. The lowest BCUT2D eigenvalue weighted by Crippen LogP contribution is -2.28. The highest BCUT2D eigenvalue weighted by atomic mass is 16.5. The molecule has 2 rings (SSSR count). The molecule has 1 atom stereocenters. The number of pyridine rings is 1. The van der Waals surface area contributed by atoms with E-state index in [4.69, 9.17) is 4.74 Å². The molecular formula is C13H13N3O4. The van der Waals surface area contributed by atoms with Gasteiger partial charge in [0.2, 0.25) is 5.91 Å². The van der Waals surface area contributed by atoms with Crippen LogP contribution >= 0.6 is 0 Å². The lowest BCUT2D eigenvalue weighted by molar-refractivity contribution is -0.145. The smallest absolute Gasteiger partial charge is 0.311 e. The van der Waals surface area contributed by atoms with Crippen LogP contribution in [0.3, 0.4) is 0 Å². The Labute approximate surface area is 115 Å². The Morgan fingerprint density at radius 2 is 2.30 bits per heavy atom. The number of nitrogens with zero attached hydrogens (tertiary/aromatic N) is 3. The number of anilines is 1. The van der Waals surface area contributed by atoms with Gasteiger partial charge in [-0.05, 0) is 6.07 Å². The van der Waals surface area contributed by atoms with Gasteiger partial charge >= 0.3 is 5.97 Å². The van der Waals surface area contributed by atoms with E-state index in [1.54, 1.807) is 6.07 Å². The number of rotatable bonds is 3. The Bertz CT molecular complexity index is 594. The summed E-state index contributed by atoms with van der Waals surface area (Å²) >= 11 is 0. The number of hydrogen-bond acceptors (Lipinski definition) is 6. The van der Waals surface area contributed by atoms with Gasteiger partial charge in [0.25, 0.3) is 0 Å². The molecule has 104 valence electrons. The maximum Gasteiger partial charge on any atom is 0.311 e. The van der Waals surface area contributed by atoms with Crippen molar-refractivity contribution in [3.8, 4) is 11.8 Å². The molecular weight excluding hydrogens is 262 g/mol. The van der Waals surface area contributed by atoms with E-state index in [1.165, 1.54) is 25.3 Å². The summed E-state index contributed by atoms with van der Waals surface area (Å²) in [6, 6.07) is 3.52. The van der Waals surface area contributed by atoms with E-state index in [-0.39, 0.29) is 30.3 Å². The standard InChI is InChI=1S/C13H13N3O4/c1-19-10-3-4-15-12(9(10)6-14)16-7-8(5-11(16)17)13(18)20-2/h3-4,8H,5,7H2,1-2H3. The van der Waals surface area contributed by atoms with Crippen molar-refractivity contribution in [1.82, 2.24) is 4.98 Å². The Morgan fingerprint density at radius 3 is 2.90 bits per heavy atom. The van der Waals surface area contributed by atoms with E-state index in [0.717, 1.165) is 0 Å². The highest BCUT2D eigenvalue weighted by molar-refractivity contribution is 5.99. The monoisotopic (exact) mass is 275 g/mol. The van der Waals surface area contributed by atoms with Crippen LogP contribution in [0.1, 0.15) is 12.0 Å². The second-order valence-electron chi connectivity index (χ2n) is 4.25. The van der Waals surface area contributed by atoms with E-state index >= 15 is 0 Å². The normalized spacial score (nSPS) is 17.8. The van der Waals surface area contributed by atoms with Crippen LogP contribution in [-0.2, 0) is 14.3 Å². The van der Waals surface area contributed by atoms with Gasteiger partial charge in [0.1, 0.15) is 17.4 Å². The molecule has 0 spiro atoms. The predicted octanol–water partition coefficient (Wildman–Crippen LogP) is 0.488. The van der Waals surface area contributed by atoms with Gasteiger partial charge in [-0.25, -0.2) is 4.98 Å². The zero-order valence-corrected chi connectivity index (χ0v) is 11.1. The third-order valence-electron chi connectivity index (χ3n) is 3.14. The molecule has 0 saturated carbocycles.